The van der Waals surface area contributed by atoms with Crippen LogP contribution in [-0.4, -0.2) is 56.2 Å². The van der Waals surface area contributed by atoms with Crippen molar-refractivity contribution >= 4 is 30.7 Å². The van der Waals surface area contributed by atoms with Gasteiger partial charge in [-0.15, -0.1) is 24.8 Å². The molecule has 0 aromatic heterocycles. The molecule has 5 nitrogen and oxygen atoms in total. The molecule has 0 aliphatic carbocycles. The first-order valence-corrected chi connectivity index (χ1v) is 9.15. The predicted octanol–water partition coefficient (Wildman–Crippen LogP) is 2.24. The second kappa shape index (κ2) is 12.5. The smallest absolute Gasteiger partial charge is 0.222 e. The summed E-state index contributed by atoms with van der Waals surface area (Å²) >= 11 is 0. The molecule has 0 spiro atoms. The summed E-state index contributed by atoms with van der Waals surface area (Å²) in [5, 5.41) is 6.42. The maximum Gasteiger partial charge on any atom is 0.222 e. The third-order valence-corrected chi connectivity index (χ3v) is 4.92. The number of ether oxygens (including phenoxy) is 1. The van der Waals surface area contributed by atoms with E-state index in [1.165, 1.54) is 12.0 Å². The summed E-state index contributed by atoms with van der Waals surface area (Å²) in [6, 6.07) is 10.5. The Balaban J connectivity index is 0.00000169. The first-order valence-electron chi connectivity index (χ1n) is 9.15. The molecule has 0 bridgehead atoms. The van der Waals surface area contributed by atoms with Crippen LogP contribution in [0.3, 0.4) is 0 Å². The fraction of sp³-hybridized carbons (Fsp3) is 0.632. The van der Waals surface area contributed by atoms with Crippen molar-refractivity contribution in [3.8, 4) is 0 Å². The number of carbonyl (C=O) groups excluding carboxylic acids is 1. The maximum atomic E-state index is 12.1. The molecule has 2 aliphatic rings. The maximum absolute atomic E-state index is 12.1. The molecule has 26 heavy (non-hydrogen) atoms. The number of amides is 1. The Labute approximate surface area is 169 Å². The van der Waals surface area contributed by atoms with E-state index in [0.717, 1.165) is 51.6 Å². The van der Waals surface area contributed by atoms with Gasteiger partial charge >= 0.3 is 0 Å². The number of rotatable bonds is 7. The third kappa shape index (κ3) is 7.80. The van der Waals surface area contributed by atoms with Gasteiger partial charge in [-0.1, -0.05) is 30.3 Å². The van der Waals surface area contributed by atoms with Gasteiger partial charge in [0.15, 0.2) is 0 Å². The Bertz CT molecular complexity index is 513. The second-order valence-corrected chi connectivity index (χ2v) is 6.92. The Morgan fingerprint density at radius 3 is 2.81 bits per heavy atom. The van der Waals surface area contributed by atoms with Crippen LogP contribution in [0, 0.1) is 5.92 Å². The van der Waals surface area contributed by atoms with E-state index < -0.39 is 0 Å². The largest absolute Gasteiger partial charge is 0.375 e. The normalized spacial score (nSPS) is 22.9. The summed E-state index contributed by atoms with van der Waals surface area (Å²) in [7, 11) is 0. The SMILES string of the molecule is Cl.Cl.O=C(CC1CN(Cc2ccccc2)CCO1)NCCC1CCNC1. The van der Waals surface area contributed by atoms with Crippen molar-refractivity contribution < 1.29 is 9.53 Å². The molecule has 2 heterocycles. The molecule has 1 amide bonds. The Morgan fingerprint density at radius 2 is 2.08 bits per heavy atom. The molecular weight excluding hydrogens is 373 g/mol. The number of nitrogens with one attached hydrogen (secondary N) is 2. The quantitative estimate of drug-likeness (QED) is 0.732. The van der Waals surface area contributed by atoms with Crippen molar-refractivity contribution in [2.45, 2.75) is 31.9 Å². The monoisotopic (exact) mass is 403 g/mol. The van der Waals surface area contributed by atoms with E-state index in [-0.39, 0.29) is 36.8 Å². The van der Waals surface area contributed by atoms with Gasteiger partial charge in [0.1, 0.15) is 0 Å². The van der Waals surface area contributed by atoms with Crippen LogP contribution >= 0.6 is 24.8 Å². The lowest BCUT2D eigenvalue weighted by atomic mass is 10.1. The lowest BCUT2D eigenvalue weighted by Crippen LogP contribution is -2.44. The average molecular weight is 404 g/mol. The molecule has 7 heteroatoms. The molecule has 2 atom stereocenters. The second-order valence-electron chi connectivity index (χ2n) is 6.92. The van der Waals surface area contributed by atoms with Crippen LogP contribution in [0.15, 0.2) is 30.3 Å². The molecule has 2 unspecified atom stereocenters. The minimum Gasteiger partial charge on any atom is -0.375 e. The summed E-state index contributed by atoms with van der Waals surface area (Å²) < 4.78 is 5.78. The lowest BCUT2D eigenvalue weighted by Gasteiger charge is -2.32. The number of carbonyl (C=O) groups is 1. The van der Waals surface area contributed by atoms with Crippen LogP contribution in [0.4, 0.5) is 0 Å². The minimum absolute atomic E-state index is 0. The van der Waals surface area contributed by atoms with Gasteiger partial charge in [0.2, 0.25) is 5.91 Å². The molecule has 0 radical (unpaired) electrons. The molecule has 2 N–H and O–H groups in total. The highest BCUT2D eigenvalue weighted by molar-refractivity contribution is 5.85. The van der Waals surface area contributed by atoms with E-state index in [1.807, 2.05) is 6.07 Å². The third-order valence-electron chi connectivity index (χ3n) is 4.92. The first kappa shape index (κ1) is 23.2. The van der Waals surface area contributed by atoms with Crippen LogP contribution < -0.4 is 10.6 Å². The van der Waals surface area contributed by atoms with Crippen LogP contribution in [0.25, 0.3) is 0 Å². The van der Waals surface area contributed by atoms with E-state index >= 15 is 0 Å². The van der Waals surface area contributed by atoms with Crippen LogP contribution in [0.2, 0.25) is 0 Å². The van der Waals surface area contributed by atoms with E-state index in [2.05, 4.69) is 39.8 Å². The zero-order valence-corrected chi connectivity index (χ0v) is 16.8. The highest BCUT2D eigenvalue weighted by atomic mass is 35.5. The number of benzene rings is 1. The summed E-state index contributed by atoms with van der Waals surface area (Å²) in [4.78, 5) is 14.5. The summed E-state index contributed by atoms with van der Waals surface area (Å²) in [6.45, 7) is 6.39. The van der Waals surface area contributed by atoms with Gasteiger partial charge in [0.25, 0.3) is 0 Å². The highest BCUT2D eigenvalue weighted by Crippen LogP contribution is 2.13. The van der Waals surface area contributed by atoms with E-state index in [4.69, 9.17) is 4.74 Å². The van der Waals surface area contributed by atoms with Crippen LogP contribution in [0.1, 0.15) is 24.8 Å². The van der Waals surface area contributed by atoms with Crippen molar-refractivity contribution in [2.75, 3.05) is 39.3 Å². The van der Waals surface area contributed by atoms with Crippen molar-refractivity contribution in [1.82, 2.24) is 15.5 Å². The van der Waals surface area contributed by atoms with Gasteiger partial charge in [-0.3, -0.25) is 9.69 Å². The zero-order valence-electron chi connectivity index (χ0n) is 15.2. The molecule has 2 saturated heterocycles. The van der Waals surface area contributed by atoms with Crippen molar-refractivity contribution in [3.63, 3.8) is 0 Å². The number of nitrogens with zero attached hydrogens (tertiary/aromatic N) is 1. The Morgan fingerprint density at radius 1 is 1.27 bits per heavy atom. The highest BCUT2D eigenvalue weighted by Gasteiger charge is 2.23. The van der Waals surface area contributed by atoms with Crippen molar-refractivity contribution in [3.05, 3.63) is 35.9 Å². The van der Waals surface area contributed by atoms with Gasteiger partial charge in [0.05, 0.1) is 19.1 Å². The van der Waals surface area contributed by atoms with Gasteiger partial charge in [-0.05, 0) is 37.4 Å². The van der Waals surface area contributed by atoms with Gasteiger partial charge in [-0.25, -0.2) is 0 Å². The molecule has 3 rings (SSSR count). The Hall–Kier alpha value is -0.850. The summed E-state index contributed by atoms with van der Waals surface area (Å²) in [5.41, 5.74) is 1.31. The average Bonchev–Trinajstić information content (AvgIpc) is 3.09. The molecule has 2 fully saturated rings. The standard InChI is InChI=1S/C19H29N3O2.2ClH/c23-19(21-9-7-16-6-8-20-13-16)12-18-15-22(10-11-24-18)14-17-4-2-1-3-5-17;;/h1-5,16,18,20H,6-15H2,(H,21,23);2*1H. The molecular formula is C19H31Cl2N3O2. The number of hydrogen-bond acceptors (Lipinski definition) is 4. The van der Waals surface area contributed by atoms with Gasteiger partial charge in [-0.2, -0.15) is 0 Å². The number of hydrogen-bond donors (Lipinski definition) is 2. The van der Waals surface area contributed by atoms with Gasteiger partial charge in [0, 0.05) is 26.2 Å². The molecule has 148 valence electrons. The lowest BCUT2D eigenvalue weighted by molar-refractivity contribution is -0.126. The van der Waals surface area contributed by atoms with E-state index in [9.17, 15) is 4.79 Å². The molecule has 1 aromatic carbocycles. The van der Waals surface area contributed by atoms with Crippen LogP contribution in [0.5, 0.6) is 0 Å². The minimum atomic E-state index is 0. The predicted molar refractivity (Wildman–Crippen MR) is 109 cm³/mol. The van der Waals surface area contributed by atoms with E-state index in [0.29, 0.717) is 13.0 Å². The number of halogens is 2. The van der Waals surface area contributed by atoms with Gasteiger partial charge < -0.3 is 15.4 Å². The van der Waals surface area contributed by atoms with Crippen molar-refractivity contribution in [2.24, 2.45) is 5.92 Å². The fourth-order valence-electron chi connectivity index (χ4n) is 3.54. The first-order chi connectivity index (χ1) is 11.8. The van der Waals surface area contributed by atoms with Crippen LogP contribution in [-0.2, 0) is 16.1 Å². The fourth-order valence-corrected chi connectivity index (χ4v) is 3.54. The molecule has 2 aliphatic heterocycles. The molecule has 1 aromatic rings. The summed E-state index contributed by atoms with van der Waals surface area (Å²) in [6.07, 6.45) is 2.78. The van der Waals surface area contributed by atoms with Crippen molar-refractivity contribution in [1.29, 1.82) is 0 Å². The topological polar surface area (TPSA) is 53.6 Å². The summed E-state index contributed by atoms with van der Waals surface area (Å²) in [5.74, 6) is 0.838. The Kier molecular flexibility index (Phi) is 11.2. The number of morpholine rings is 1. The zero-order chi connectivity index (χ0) is 16.6. The molecule has 0 saturated carbocycles. The van der Waals surface area contributed by atoms with E-state index in [1.54, 1.807) is 0 Å².